The highest BCUT2D eigenvalue weighted by molar-refractivity contribution is 6.30. The van der Waals surface area contributed by atoms with Crippen LogP contribution in [0.5, 0.6) is 11.5 Å². The number of benzene rings is 5. The molecule has 179 valence electrons. The van der Waals surface area contributed by atoms with Crippen LogP contribution in [0, 0.1) is 6.07 Å². The van der Waals surface area contributed by atoms with Crippen molar-refractivity contribution in [3.63, 3.8) is 0 Å². The lowest BCUT2D eigenvalue weighted by Gasteiger charge is -2.11. The fourth-order valence-corrected chi connectivity index (χ4v) is 4.84. The predicted octanol–water partition coefficient (Wildman–Crippen LogP) is 7.85. The summed E-state index contributed by atoms with van der Waals surface area (Å²) in [6.45, 7) is 0.603. The molecule has 4 nitrogen and oxygen atoms in total. The number of nitrogens with zero attached hydrogens (tertiary/aromatic N) is 1. The number of halogens is 1. The van der Waals surface area contributed by atoms with Crippen molar-refractivity contribution < 1.29 is 9.53 Å². The molecule has 0 spiro atoms. The molecule has 0 bridgehead atoms. The molecule has 1 radical (unpaired) electrons. The molecule has 37 heavy (non-hydrogen) atoms. The summed E-state index contributed by atoms with van der Waals surface area (Å²) in [5, 5.41) is 2.37. The van der Waals surface area contributed by atoms with Crippen LogP contribution in [0.1, 0.15) is 15.9 Å². The number of carbonyl (C=O) groups excluding carboxylic acids is 1. The van der Waals surface area contributed by atoms with Gasteiger partial charge in [0.15, 0.2) is 0 Å². The van der Waals surface area contributed by atoms with Gasteiger partial charge in [-0.15, -0.1) is 0 Å². The van der Waals surface area contributed by atoms with E-state index in [1.165, 1.54) is 0 Å². The van der Waals surface area contributed by atoms with Gasteiger partial charge >= 0.3 is 0 Å². The van der Waals surface area contributed by atoms with Crippen LogP contribution in [0.4, 0.5) is 0 Å². The van der Waals surface area contributed by atoms with Crippen LogP contribution in [-0.4, -0.2) is 10.5 Å². The number of amides is 1. The normalized spacial score (nSPS) is 11.2. The zero-order valence-electron chi connectivity index (χ0n) is 19.8. The second-order valence-electron chi connectivity index (χ2n) is 8.86. The molecule has 0 saturated heterocycles. The Morgan fingerprint density at radius 1 is 0.811 bits per heavy atom. The van der Waals surface area contributed by atoms with Gasteiger partial charge in [-0.3, -0.25) is 4.79 Å². The van der Waals surface area contributed by atoms with Gasteiger partial charge in [-0.1, -0.05) is 60.1 Å². The third-order valence-electron chi connectivity index (χ3n) is 6.48. The molecule has 1 heterocycles. The molecule has 0 saturated carbocycles. The predicted molar refractivity (Wildman–Crippen MR) is 149 cm³/mol. The van der Waals surface area contributed by atoms with Gasteiger partial charge in [-0.25, -0.2) is 0 Å². The van der Waals surface area contributed by atoms with Crippen LogP contribution in [0.3, 0.4) is 0 Å². The number of nitrogens with two attached hydrogens (primary N) is 1. The third kappa shape index (κ3) is 4.44. The lowest BCUT2D eigenvalue weighted by Crippen LogP contribution is -2.11. The number of primary amides is 1. The van der Waals surface area contributed by atoms with Gasteiger partial charge in [0.1, 0.15) is 11.5 Å². The van der Waals surface area contributed by atoms with Gasteiger partial charge in [0, 0.05) is 27.9 Å². The summed E-state index contributed by atoms with van der Waals surface area (Å²) in [6, 6.07) is 38.7. The zero-order valence-corrected chi connectivity index (χ0v) is 20.6. The van der Waals surface area contributed by atoms with E-state index >= 15 is 0 Å². The number of rotatable bonds is 6. The minimum atomic E-state index is -0.456. The van der Waals surface area contributed by atoms with E-state index in [-0.39, 0.29) is 0 Å². The van der Waals surface area contributed by atoms with Crippen LogP contribution in [-0.2, 0) is 6.54 Å². The van der Waals surface area contributed by atoms with E-state index in [0.717, 1.165) is 50.0 Å². The summed E-state index contributed by atoms with van der Waals surface area (Å²) in [5.74, 6) is 1.11. The van der Waals surface area contributed by atoms with Gasteiger partial charge in [0.2, 0.25) is 5.91 Å². The number of carbonyl (C=O) groups is 1. The molecular formula is C32H22ClN2O2. The quantitative estimate of drug-likeness (QED) is 0.252. The SMILES string of the molecule is NC(=O)c1cccc2c1c1[c]cc(-c3ccc(Cl)cc3)cc1n2Cc1ccc(Oc2ccccc2)cc1. The summed E-state index contributed by atoms with van der Waals surface area (Å²) in [6.07, 6.45) is 0. The van der Waals surface area contributed by atoms with Gasteiger partial charge < -0.3 is 15.0 Å². The number of fused-ring (bicyclic) bond motifs is 3. The Morgan fingerprint density at radius 3 is 2.27 bits per heavy atom. The summed E-state index contributed by atoms with van der Waals surface area (Å²) >= 11 is 6.10. The summed E-state index contributed by atoms with van der Waals surface area (Å²) in [4.78, 5) is 12.3. The van der Waals surface area contributed by atoms with E-state index in [4.69, 9.17) is 22.1 Å². The van der Waals surface area contributed by atoms with Crippen LogP contribution in [0.15, 0.2) is 109 Å². The van der Waals surface area contributed by atoms with Gasteiger partial charge in [0.25, 0.3) is 0 Å². The van der Waals surface area contributed by atoms with Gasteiger partial charge in [-0.2, -0.15) is 0 Å². The Bertz CT molecular complexity index is 1740. The second kappa shape index (κ2) is 9.49. The zero-order chi connectivity index (χ0) is 25.4. The lowest BCUT2D eigenvalue weighted by atomic mass is 10.0. The van der Waals surface area contributed by atoms with Crippen molar-refractivity contribution >= 4 is 39.3 Å². The van der Waals surface area contributed by atoms with E-state index < -0.39 is 5.91 Å². The maximum atomic E-state index is 12.3. The molecule has 0 aliphatic heterocycles. The first-order chi connectivity index (χ1) is 18.1. The van der Waals surface area contributed by atoms with Crippen LogP contribution in [0.25, 0.3) is 32.9 Å². The average Bonchev–Trinajstić information content (AvgIpc) is 3.23. The van der Waals surface area contributed by atoms with Crippen molar-refractivity contribution in [1.82, 2.24) is 4.57 Å². The van der Waals surface area contributed by atoms with Crippen molar-refractivity contribution in [3.05, 3.63) is 131 Å². The van der Waals surface area contributed by atoms with Crippen LogP contribution < -0.4 is 10.5 Å². The summed E-state index contributed by atoms with van der Waals surface area (Å²) < 4.78 is 8.16. The Balaban J connectivity index is 1.45. The monoisotopic (exact) mass is 501 g/mol. The molecular weight excluding hydrogens is 480 g/mol. The smallest absolute Gasteiger partial charge is 0.249 e. The Hall–Kier alpha value is -4.54. The highest BCUT2D eigenvalue weighted by Gasteiger charge is 2.17. The molecule has 0 unspecified atom stereocenters. The minimum Gasteiger partial charge on any atom is -0.457 e. The molecule has 6 rings (SSSR count). The number of aromatic nitrogens is 1. The van der Waals surface area contributed by atoms with Crippen molar-refractivity contribution in [1.29, 1.82) is 0 Å². The molecule has 0 aliphatic carbocycles. The maximum absolute atomic E-state index is 12.3. The number of hydrogen-bond donors (Lipinski definition) is 1. The molecule has 5 heteroatoms. The highest BCUT2D eigenvalue weighted by Crippen LogP contribution is 2.35. The Kier molecular flexibility index (Phi) is 5.87. The van der Waals surface area contributed by atoms with Crippen molar-refractivity contribution in [2.75, 3.05) is 0 Å². The first kappa shape index (κ1) is 22.9. The molecule has 6 aromatic rings. The molecule has 1 aromatic heterocycles. The molecule has 0 atom stereocenters. The first-order valence-electron chi connectivity index (χ1n) is 11.9. The van der Waals surface area contributed by atoms with E-state index in [0.29, 0.717) is 17.1 Å². The van der Waals surface area contributed by atoms with E-state index in [9.17, 15) is 4.79 Å². The lowest BCUT2D eigenvalue weighted by molar-refractivity contribution is 0.100. The second-order valence-corrected chi connectivity index (χ2v) is 9.30. The molecule has 1 amide bonds. The Morgan fingerprint density at radius 2 is 1.54 bits per heavy atom. The number of hydrogen-bond acceptors (Lipinski definition) is 2. The fourth-order valence-electron chi connectivity index (χ4n) is 4.71. The van der Waals surface area contributed by atoms with Crippen molar-refractivity contribution in [3.8, 4) is 22.6 Å². The number of para-hydroxylation sites is 1. The number of ether oxygens (including phenoxy) is 1. The van der Waals surface area contributed by atoms with Crippen LogP contribution >= 0.6 is 11.6 Å². The van der Waals surface area contributed by atoms with Gasteiger partial charge in [0.05, 0.1) is 11.0 Å². The average molecular weight is 502 g/mol. The topological polar surface area (TPSA) is 57.2 Å². The standard InChI is InChI=1S/C32H22ClN2O2/c33-24-14-11-22(12-15-24)23-13-18-27-30(19-23)35(29-8-4-7-28(31(27)29)32(34)36)20-21-9-16-26(17-10-21)37-25-5-2-1-3-6-25/h1-17,19H,20H2,(H2,34,36). The first-order valence-corrected chi connectivity index (χ1v) is 12.3. The van der Waals surface area contributed by atoms with Crippen LogP contribution in [0.2, 0.25) is 5.02 Å². The molecule has 5 aromatic carbocycles. The molecule has 2 N–H and O–H groups in total. The fraction of sp³-hybridized carbons (Fsp3) is 0.0312. The maximum Gasteiger partial charge on any atom is 0.249 e. The van der Waals surface area contributed by atoms with Crippen molar-refractivity contribution in [2.45, 2.75) is 6.54 Å². The van der Waals surface area contributed by atoms with Gasteiger partial charge in [-0.05, 0) is 83.4 Å². The summed E-state index contributed by atoms with van der Waals surface area (Å²) in [7, 11) is 0. The summed E-state index contributed by atoms with van der Waals surface area (Å²) in [5.41, 5.74) is 11.3. The van der Waals surface area contributed by atoms with E-state index in [1.54, 1.807) is 6.07 Å². The minimum absolute atomic E-state index is 0.456. The van der Waals surface area contributed by atoms with E-state index in [2.05, 4.69) is 28.8 Å². The Labute approximate surface area is 219 Å². The van der Waals surface area contributed by atoms with E-state index in [1.807, 2.05) is 84.9 Å². The molecule has 0 fully saturated rings. The highest BCUT2D eigenvalue weighted by atomic mass is 35.5. The van der Waals surface area contributed by atoms with Crippen molar-refractivity contribution in [2.24, 2.45) is 5.73 Å². The largest absolute Gasteiger partial charge is 0.457 e. The molecule has 0 aliphatic rings. The third-order valence-corrected chi connectivity index (χ3v) is 6.73.